The van der Waals surface area contributed by atoms with E-state index in [0.717, 1.165) is 11.3 Å². The van der Waals surface area contributed by atoms with E-state index in [9.17, 15) is 9.59 Å². The molecule has 0 saturated heterocycles. The number of urea groups is 1. The third-order valence-electron chi connectivity index (χ3n) is 3.28. The van der Waals surface area contributed by atoms with Gasteiger partial charge in [-0.25, -0.2) is 4.79 Å². The Labute approximate surface area is 141 Å². The molecular formula is C18H21N3O3. The summed E-state index contributed by atoms with van der Waals surface area (Å²) in [6.07, 6.45) is 0.315. The van der Waals surface area contributed by atoms with E-state index in [-0.39, 0.29) is 11.9 Å². The van der Waals surface area contributed by atoms with Crippen LogP contribution in [0.25, 0.3) is 0 Å². The van der Waals surface area contributed by atoms with E-state index in [2.05, 4.69) is 16.0 Å². The molecule has 0 heterocycles. The van der Waals surface area contributed by atoms with Gasteiger partial charge in [0.05, 0.1) is 13.0 Å². The van der Waals surface area contributed by atoms with Crippen LogP contribution in [0.2, 0.25) is 0 Å². The van der Waals surface area contributed by atoms with E-state index < -0.39 is 0 Å². The summed E-state index contributed by atoms with van der Waals surface area (Å²) in [5, 5.41) is 8.06. The highest BCUT2D eigenvalue weighted by Gasteiger charge is 2.04. The maximum absolute atomic E-state index is 12.0. The van der Waals surface area contributed by atoms with Gasteiger partial charge in [0.2, 0.25) is 5.91 Å². The SMILES string of the molecule is CCOc1ccc(NC(=O)Nc2ccc(CC(=O)NC)cc2)cc1. The average Bonchev–Trinajstić information content (AvgIpc) is 2.58. The Morgan fingerprint density at radius 1 is 0.917 bits per heavy atom. The Kier molecular flexibility index (Phi) is 6.19. The van der Waals surface area contributed by atoms with Crippen molar-refractivity contribution < 1.29 is 14.3 Å². The second-order valence-corrected chi connectivity index (χ2v) is 5.08. The second kappa shape index (κ2) is 8.57. The van der Waals surface area contributed by atoms with E-state index >= 15 is 0 Å². The molecule has 126 valence electrons. The highest BCUT2D eigenvalue weighted by atomic mass is 16.5. The summed E-state index contributed by atoms with van der Waals surface area (Å²) in [4.78, 5) is 23.3. The first kappa shape index (κ1) is 17.3. The Morgan fingerprint density at radius 2 is 1.46 bits per heavy atom. The predicted molar refractivity (Wildman–Crippen MR) is 94.5 cm³/mol. The number of hydrogen-bond acceptors (Lipinski definition) is 3. The lowest BCUT2D eigenvalue weighted by Gasteiger charge is -2.09. The molecule has 0 unspecified atom stereocenters. The molecule has 24 heavy (non-hydrogen) atoms. The van der Waals surface area contributed by atoms with Gasteiger partial charge in [-0.2, -0.15) is 0 Å². The van der Waals surface area contributed by atoms with E-state index in [0.29, 0.717) is 24.4 Å². The summed E-state index contributed by atoms with van der Waals surface area (Å²) in [6.45, 7) is 2.52. The van der Waals surface area contributed by atoms with Gasteiger partial charge in [-0.1, -0.05) is 12.1 Å². The fourth-order valence-electron chi connectivity index (χ4n) is 2.07. The molecule has 0 bridgehead atoms. The predicted octanol–water partition coefficient (Wildman–Crippen LogP) is 3.02. The van der Waals surface area contributed by atoms with Gasteiger partial charge >= 0.3 is 6.03 Å². The number of carbonyl (C=O) groups is 2. The molecule has 2 rings (SSSR count). The minimum atomic E-state index is -0.335. The first-order valence-electron chi connectivity index (χ1n) is 7.71. The largest absolute Gasteiger partial charge is 0.494 e. The summed E-state index contributed by atoms with van der Waals surface area (Å²) in [6, 6.07) is 13.9. The van der Waals surface area contributed by atoms with Crippen LogP contribution in [0, 0.1) is 0 Å². The molecule has 0 aromatic heterocycles. The topological polar surface area (TPSA) is 79.5 Å². The Hall–Kier alpha value is -3.02. The van der Waals surface area contributed by atoms with Crippen molar-refractivity contribution in [2.45, 2.75) is 13.3 Å². The quantitative estimate of drug-likeness (QED) is 0.763. The fourth-order valence-corrected chi connectivity index (χ4v) is 2.07. The number of carbonyl (C=O) groups excluding carboxylic acids is 2. The Balaban J connectivity index is 1.88. The van der Waals surface area contributed by atoms with Crippen LogP contribution in [0.3, 0.4) is 0 Å². The van der Waals surface area contributed by atoms with Crippen molar-refractivity contribution in [3.05, 3.63) is 54.1 Å². The molecule has 3 N–H and O–H groups in total. The van der Waals surface area contributed by atoms with Crippen molar-refractivity contribution in [3.63, 3.8) is 0 Å². The zero-order valence-corrected chi connectivity index (χ0v) is 13.8. The molecule has 6 heteroatoms. The second-order valence-electron chi connectivity index (χ2n) is 5.08. The normalized spacial score (nSPS) is 9.92. The van der Waals surface area contributed by atoms with Gasteiger partial charge in [-0.3, -0.25) is 4.79 Å². The zero-order valence-electron chi connectivity index (χ0n) is 13.8. The van der Waals surface area contributed by atoms with Crippen molar-refractivity contribution >= 4 is 23.3 Å². The first-order valence-corrected chi connectivity index (χ1v) is 7.71. The molecular weight excluding hydrogens is 306 g/mol. The van der Waals surface area contributed by atoms with Crippen molar-refractivity contribution in [2.24, 2.45) is 0 Å². The van der Waals surface area contributed by atoms with E-state index in [1.807, 2.05) is 19.1 Å². The molecule has 0 radical (unpaired) electrons. The van der Waals surface area contributed by atoms with Crippen molar-refractivity contribution in [1.82, 2.24) is 5.32 Å². The summed E-state index contributed by atoms with van der Waals surface area (Å²) >= 11 is 0. The summed E-state index contributed by atoms with van der Waals surface area (Å²) in [7, 11) is 1.60. The molecule has 0 aliphatic heterocycles. The molecule has 0 spiro atoms. The number of ether oxygens (including phenoxy) is 1. The van der Waals surface area contributed by atoms with Crippen LogP contribution in [-0.2, 0) is 11.2 Å². The van der Waals surface area contributed by atoms with Gasteiger partial charge in [0.1, 0.15) is 5.75 Å². The standard InChI is InChI=1S/C18H21N3O3/c1-3-24-16-10-8-15(9-11-16)21-18(23)20-14-6-4-13(5-7-14)12-17(22)19-2/h4-11H,3,12H2,1-2H3,(H,19,22)(H2,20,21,23). The number of benzene rings is 2. The number of hydrogen-bond donors (Lipinski definition) is 3. The average molecular weight is 327 g/mol. The van der Waals surface area contributed by atoms with Crippen LogP contribution in [0.5, 0.6) is 5.75 Å². The van der Waals surface area contributed by atoms with Gasteiger partial charge in [0.15, 0.2) is 0 Å². The van der Waals surface area contributed by atoms with Gasteiger partial charge in [0, 0.05) is 18.4 Å². The molecule has 0 fully saturated rings. The lowest BCUT2D eigenvalue weighted by atomic mass is 10.1. The number of amides is 3. The minimum absolute atomic E-state index is 0.0519. The van der Waals surface area contributed by atoms with E-state index in [4.69, 9.17) is 4.74 Å². The fraction of sp³-hybridized carbons (Fsp3) is 0.222. The molecule has 2 aromatic rings. The minimum Gasteiger partial charge on any atom is -0.494 e. The Morgan fingerprint density at radius 3 is 1.96 bits per heavy atom. The maximum Gasteiger partial charge on any atom is 0.323 e. The van der Waals surface area contributed by atoms with Crippen molar-refractivity contribution in [1.29, 1.82) is 0 Å². The van der Waals surface area contributed by atoms with Gasteiger partial charge < -0.3 is 20.7 Å². The maximum atomic E-state index is 12.0. The van der Waals surface area contributed by atoms with Gasteiger partial charge in [-0.15, -0.1) is 0 Å². The monoisotopic (exact) mass is 327 g/mol. The third kappa shape index (κ3) is 5.31. The number of likely N-dealkylation sites (N-methyl/N-ethyl adjacent to an activating group) is 1. The van der Waals surface area contributed by atoms with Crippen LogP contribution in [0.1, 0.15) is 12.5 Å². The highest BCUT2D eigenvalue weighted by molar-refractivity contribution is 5.99. The lowest BCUT2D eigenvalue weighted by molar-refractivity contribution is -0.119. The van der Waals surface area contributed by atoms with Crippen molar-refractivity contribution in [2.75, 3.05) is 24.3 Å². The van der Waals surface area contributed by atoms with Crippen LogP contribution >= 0.6 is 0 Å². The summed E-state index contributed by atoms with van der Waals surface area (Å²) in [5.41, 5.74) is 2.21. The molecule has 0 saturated carbocycles. The molecule has 2 aromatic carbocycles. The van der Waals surface area contributed by atoms with Crippen LogP contribution in [0.4, 0.5) is 16.2 Å². The Bertz CT molecular complexity index is 682. The van der Waals surface area contributed by atoms with Crippen LogP contribution in [-0.4, -0.2) is 25.6 Å². The zero-order chi connectivity index (χ0) is 17.4. The van der Waals surface area contributed by atoms with Gasteiger partial charge in [-0.05, 0) is 48.9 Å². The summed E-state index contributed by atoms with van der Waals surface area (Å²) < 4.78 is 5.35. The smallest absolute Gasteiger partial charge is 0.323 e. The molecule has 0 aliphatic rings. The first-order chi connectivity index (χ1) is 11.6. The molecule has 6 nitrogen and oxygen atoms in total. The third-order valence-corrected chi connectivity index (χ3v) is 3.28. The van der Waals surface area contributed by atoms with Crippen LogP contribution < -0.4 is 20.7 Å². The number of rotatable bonds is 6. The number of nitrogens with one attached hydrogen (secondary N) is 3. The van der Waals surface area contributed by atoms with Crippen LogP contribution in [0.15, 0.2) is 48.5 Å². The van der Waals surface area contributed by atoms with E-state index in [1.54, 1.807) is 43.4 Å². The number of anilines is 2. The van der Waals surface area contributed by atoms with E-state index in [1.165, 1.54) is 0 Å². The molecule has 0 atom stereocenters. The highest BCUT2D eigenvalue weighted by Crippen LogP contribution is 2.16. The lowest BCUT2D eigenvalue weighted by Crippen LogP contribution is -2.20. The molecule has 3 amide bonds. The molecule has 0 aliphatic carbocycles. The summed E-state index contributed by atoms with van der Waals surface area (Å²) in [5.74, 6) is 0.708. The van der Waals surface area contributed by atoms with Gasteiger partial charge in [0.25, 0.3) is 0 Å². The van der Waals surface area contributed by atoms with Crippen molar-refractivity contribution in [3.8, 4) is 5.75 Å².